The zero-order valence-electron chi connectivity index (χ0n) is 18.2. The molecule has 1 rings (SSSR count). The van der Waals surface area contributed by atoms with E-state index in [2.05, 4.69) is 10.6 Å². The van der Waals surface area contributed by atoms with Crippen LogP contribution in [0.15, 0.2) is 0 Å². The second kappa shape index (κ2) is 12.7. The third-order valence-corrected chi connectivity index (χ3v) is 5.18. The van der Waals surface area contributed by atoms with Crippen LogP contribution in [0, 0.1) is 0 Å². The largest absolute Gasteiger partial charge is 0.481 e. The highest BCUT2D eigenvalue weighted by molar-refractivity contribution is 5.94. The van der Waals surface area contributed by atoms with Gasteiger partial charge in [-0.15, -0.1) is 0 Å². The molecule has 0 aromatic heterocycles. The number of likely N-dealkylation sites (tertiary alicyclic amines) is 1. The first kappa shape index (κ1) is 27.8. The van der Waals surface area contributed by atoms with Crippen molar-refractivity contribution in [2.75, 3.05) is 6.54 Å². The molecule has 0 aromatic rings. The third-order valence-electron chi connectivity index (χ3n) is 5.18. The summed E-state index contributed by atoms with van der Waals surface area (Å²) in [5.74, 6) is -5.69. The number of aliphatic hydroxyl groups excluding tert-OH is 1. The Kier molecular flexibility index (Phi) is 10.7. The Hall–Kier alpha value is -3.26. The van der Waals surface area contributed by atoms with Gasteiger partial charge in [0.05, 0.1) is 12.1 Å². The molecule has 0 spiro atoms. The Morgan fingerprint density at radius 3 is 2.21 bits per heavy atom. The molecule has 14 nitrogen and oxygen atoms in total. The first-order valence-corrected chi connectivity index (χ1v) is 10.4. The summed E-state index contributed by atoms with van der Waals surface area (Å²) in [6.45, 7) is 1.36. The van der Waals surface area contributed by atoms with Gasteiger partial charge in [0, 0.05) is 19.4 Å². The normalized spacial score (nSPS) is 19.1. The van der Waals surface area contributed by atoms with Gasteiger partial charge in [0.2, 0.25) is 23.6 Å². The summed E-state index contributed by atoms with van der Waals surface area (Å²) in [5, 5.41) is 32.1. The molecule has 1 heterocycles. The van der Waals surface area contributed by atoms with Crippen molar-refractivity contribution in [1.29, 1.82) is 0 Å². The van der Waals surface area contributed by atoms with Crippen molar-refractivity contribution in [3.05, 3.63) is 0 Å². The average molecular weight is 473 g/mol. The van der Waals surface area contributed by atoms with E-state index in [0.29, 0.717) is 6.42 Å². The van der Waals surface area contributed by atoms with Gasteiger partial charge in [0.25, 0.3) is 0 Å². The van der Waals surface area contributed by atoms with E-state index in [1.54, 1.807) is 0 Å². The fraction of sp³-hybridized carbons (Fsp3) is 0.684. The molecule has 1 saturated heterocycles. The van der Waals surface area contributed by atoms with Gasteiger partial charge < -0.3 is 42.3 Å². The predicted octanol–water partition coefficient (Wildman–Crippen LogP) is -3.13. The van der Waals surface area contributed by atoms with E-state index < -0.39 is 72.3 Å². The zero-order valence-corrected chi connectivity index (χ0v) is 18.2. The SMILES string of the molecule is CC(O)C(NC(=O)C(CCC(=O)O)NC(=O)C1CCCN1C(=O)C(N)CCC(N)=O)C(=O)O. The molecule has 0 aromatic carbocycles. The Morgan fingerprint density at radius 2 is 1.70 bits per heavy atom. The van der Waals surface area contributed by atoms with Crippen molar-refractivity contribution < 1.29 is 44.1 Å². The number of primary amides is 1. The molecule has 4 amide bonds. The van der Waals surface area contributed by atoms with Gasteiger partial charge in [-0.1, -0.05) is 0 Å². The van der Waals surface area contributed by atoms with Crippen molar-refractivity contribution in [1.82, 2.24) is 15.5 Å². The number of amides is 4. The van der Waals surface area contributed by atoms with E-state index in [9.17, 15) is 33.9 Å². The molecule has 186 valence electrons. The minimum Gasteiger partial charge on any atom is -0.481 e. The number of aliphatic hydroxyl groups is 1. The molecule has 0 aliphatic carbocycles. The van der Waals surface area contributed by atoms with Gasteiger partial charge in [-0.25, -0.2) is 4.79 Å². The van der Waals surface area contributed by atoms with Gasteiger partial charge in [0.15, 0.2) is 6.04 Å². The van der Waals surface area contributed by atoms with Crippen LogP contribution in [0.5, 0.6) is 0 Å². The van der Waals surface area contributed by atoms with Crippen LogP contribution in [0.4, 0.5) is 0 Å². The molecule has 9 N–H and O–H groups in total. The van der Waals surface area contributed by atoms with Crippen molar-refractivity contribution in [3.8, 4) is 0 Å². The van der Waals surface area contributed by atoms with E-state index in [4.69, 9.17) is 21.7 Å². The van der Waals surface area contributed by atoms with Crippen LogP contribution >= 0.6 is 0 Å². The monoisotopic (exact) mass is 473 g/mol. The van der Waals surface area contributed by atoms with Crippen molar-refractivity contribution in [2.45, 2.75) is 75.7 Å². The third kappa shape index (κ3) is 8.65. The summed E-state index contributed by atoms with van der Waals surface area (Å²) in [6.07, 6.45) is -1.68. The number of carbonyl (C=O) groups excluding carboxylic acids is 4. The fourth-order valence-electron chi connectivity index (χ4n) is 3.38. The summed E-state index contributed by atoms with van der Waals surface area (Å²) in [6, 6.07) is -5.13. The number of hydrogen-bond donors (Lipinski definition) is 7. The van der Waals surface area contributed by atoms with E-state index in [1.165, 1.54) is 4.90 Å². The van der Waals surface area contributed by atoms with Gasteiger partial charge in [-0.3, -0.25) is 24.0 Å². The Balaban J connectivity index is 2.92. The van der Waals surface area contributed by atoms with Gasteiger partial charge in [-0.05, 0) is 32.6 Å². The van der Waals surface area contributed by atoms with Crippen molar-refractivity contribution in [3.63, 3.8) is 0 Å². The second-order valence-corrected chi connectivity index (χ2v) is 7.86. The molecule has 1 fully saturated rings. The number of nitrogens with one attached hydrogen (secondary N) is 2. The lowest BCUT2D eigenvalue weighted by atomic mass is 10.1. The van der Waals surface area contributed by atoms with Crippen LogP contribution in [0.25, 0.3) is 0 Å². The van der Waals surface area contributed by atoms with Crippen LogP contribution in [0.2, 0.25) is 0 Å². The minimum atomic E-state index is -1.67. The molecule has 0 bridgehead atoms. The molecule has 1 aliphatic rings. The van der Waals surface area contributed by atoms with E-state index >= 15 is 0 Å². The first-order valence-electron chi connectivity index (χ1n) is 10.4. The summed E-state index contributed by atoms with van der Waals surface area (Å²) in [4.78, 5) is 72.4. The number of rotatable bonds is 13. The molecular weight excluding hydrogens is 442 g/mol. The molecule has 0 saturated carbocycles. The zero-order chi connectivity index (χ0) is 25.3. The second-order valence-electron chi connectivity index (χ2n) is 7.86. The molecule has 33 heavy (non-hydrogen) atoms. The molecule has 1 aliphatic heterocycles. The Morgan fingerprint density at radius 1 is 1.06 bits per heavy atom. The number of nitrogens with two attached hydrogens (primary N) is 2. The van der Waals surface area contributed by atoms with Crippen molar-refractivity contribution >= 4 is 35.6 Å². The Bertz CT molecular complexity index is 773. The summed E-state index contributed by atoms with van der Waals surface area (Å²) < 4.78 is 0. The standard InChI is InChI=1S/C19H31N5O9/c1-9(25)15(19(32)33)23-16(29)11(5-7-14(27)28)22-17(30)12-3-2-8-24(12)18(31)10(20)4-6-13(21)26/h9-12,15,25H,2-8,20H2,1H3,(H2,21,26)(H,22,30)(H,23,29)(H,27,28)(H,32,33). The lowest BCUT2D eigenvalue weighted by molar-refractivity contribution is -0.146. The van der Waals surface area contributed by atoms with Gasteiger partial charge in [0.1, 0.15) is 12.1 Å². The number of hydrogen-bond acceptors (Lipinski definition) is 8. The Labute approximate surface area is 189 Å². The van der Waals surface area contributed by atoms with Crippen LogP contribution in [0.3, 0.4) is 0 Å². The van der Waals surface area contributed by atoms with E-state index in [1.807, 2.05) is 0 Å². The highest BCUT2D eigenvalue weighted by atomic mass is 16.4. The smallest absolute Gasteiger partial charge is 0.328 e. The highest BCUT2D eigenvalue weighted by Gasteiger charge is 2.38. The molecule has 14 heteroatoms. The van der Waals surface area contributed by atoms with Gasteiger partial charge >= 0.3 is 11.9 Å². The predicted molar refractivity (Wildman–Crippen MR) is 111 cm³/mol. The number of carboxylic acids is 2. The fourth-order valence-corrected chi connectivity index (χ4v) is 3.38. The number of carbonyl (C=O) groups is 6. The van der Waals surface area contributed by atoms with Crippen molar-refractivity contribution in [2.24, 2.45) is 11.5 Å². The number of carboxylic acid groups (broad SMARTS) is 2. The molecular formula is C19H31N5O9. The first-order chi connectivity index (χ1) is 15.3. The quantitative estimate of drug-likeness (QED) is 0.142. The summed E-state index contributed by atoms with van der Waals surface area (Å²) in [5.41, 5.74) is 10.9. The maximum absolute atomic E-state index is 12.8. The molecule has 5 unspecified atom stereocenters. The van der Waals surface area contributed by atoms with Crippen LogP contribution in [0.1, 0.15) is 45.4 Å². The molecule has 0 radical (unpaired) electrons. The van der Waals surface area contributed by atoms with E-state index in [-0.39, 0.29) is 32.2 Å². The van der Waals surface area contributed by atoms with Crippen LogP contribution in [-0.4, -0.2) is 92.6 Å². The summed E-state index contributed by atoms with van der Waals surface area (Å²) in [7, 11) is 0. The minimum absolute atomic E-state index is 0.00142. The maximum atomic E-state index is 12.8. The topological polar surface area (TPSA) is 242 Å². The molecule has 5 atom stereocenters. The number of aliphatic carboxylic acids is 2. The maximum Gasteiger partial charge on any atom is 0.328 e. The lowest BCUT2D eigenvalue weighted by Crippen LogP contribution is -2.58. The lowest BCUT2D eigenvalue weighted by Gasteiger charge is -2.28. The average Bonchev–Trinajstić information content (AvgIpc) is 3.21. The van der Waals surface area contributed by atoms with Gasteiger partial charge in [-0.2, -0.15) is 0 Å². The summed E-state index contributed by atoms with van der Waals surface area (Å²) >= 11 is 0. The van der Waals surface area contributed by atoms with Crippen LogP contribution in [-0.2, 0) is 28.8 Å². The number of nitrogens with zero attached hydrogens (tertiary/aromatic N) is 1. The van der Waals surface area contributed by atoms with E-state index in [0.717, 1.165) is 6.92 Å². The van der Waals surface area contributed by atoms with Crippen LogP contribution < -0.4 is 22.1 Å². The highest BCUT2D eigenvalue weighted by Crippen LogP contribution is 2.19.